The first-order valence-electron chi connectivity index (χ1n) is 7.11. The van der Waals surface area contributed by atoms with Crippen LogP contribution in [-0.4, -0.2) is 38.9 Å². The Kier molecular flexibility index (Phi) is 11.0. The van der Waals surface area contributed by atoms with Gasteiger partial charge in [0.25, 0.3) is 0 Å². The number of halogens is 4. The van der Waals surface area contributed by atoms with Crippen molar-refractivity contribution in [3.63, 3.8) is 0 Å². The van der Waals surface area contributed by atoms with Crippen LogP contribution in [0.25, 0.3) is 0 Å². The maximum Gasteiger partial charge on any atom is 0.390 e. The van der Waals surface area contributed by atoms with Crippen LogP contribution in [0, 0.1) is 12.3 Å². The molecule has 134 valence electrons. The maximum atomic E-state index is 12.1. The lowest BCUT2D eigenvalue weighted by Crippen LogP contribution is -2.39. The zero-order valence-corrected chi connectivity index (χ0v) is 15.7. The third kappa shape index (κ3) is 10.2. The summed E-state index contributed by atoms with van der Waals surface area (Å²) in [5.74, 6) is 3.44. The molecule has 0 aliphatic heterocycles. The van der Waals surface area contributed by atoms with Crippen molar-refractivity contribution in [3.8, 4) is 18.1 Å². The summed E-state index contributed by atoms with van der Waals surface area (Å²) < 4.78 is 41.5. The molecule has 4 nitrogen and oxygen atoms in total. The maximum absolute atomic E-state index is 12.1. The molecule has 0 unspecified atom stereocenters. The third-order valence-corrected chi connectivity index (χ3v) is 2.88. The van der Waals surface area contributed by atoms with Crippen LogP contribution in [0.1, 0.15) is 12.0 Å². The highest BCUT2D eigenvalue weighted by atomic mass is 127. The smallest absolute Gasteiger partial charge is 0.390 e. The molecule has 0 bridgehead atoms. The topological polar surface area (TPSA) is 45.6 Å². The molecule has 0 saturated heterocycles. The molecule has 0 spiro atoms. The van der Waals surface area contributed by atoms with Crippen LogP contribution in [-0.2, 0) is 6.42 Å². The Morgan fingerprint density at radius 1 is 1.21 bits per heavy atom. The van der Waals surface area contributed by atoms with Crippen molar-refractivity contribution in [1.29, 1.82) is 0 Å². The van der Waals surface area contributed by atoms with Gasteiger partial charge in [0, 0.05) is 20.1 Å². The highest BCUT2D eigenvalue weighted by molar-refractivity contribution is 14.0. The number of nitrogens with one attached hydrogen (secondary N) is 2. The minimum Gasteiger partial charge on any atom is -0.481 e. The van der Waals surface area contributed by atoms with E-state index in [1.54, 1.807) is 0 Å². The van der Waals surface area contributed by atoms with Gasteiger partial charge >= 0.3 is 6.18 Å². The van der Waals surface area contributed by atoms with Crippen molar-refractivity contribution in [2.75, 3.05) is 26.7 Å². The number of alkyl halides is 3. The first-order valence-corrected chi connectivity index (χ1v) is 7.11. The van der Waals surface area contributed by atoms with Crippen LogP contribution in [0.15, 0.2) is 29.3 Å². The molecule has 24 heavy (non-hydrogen) atoms. The highest BCUT2D eigenvalue weighted by Crippen LogP contribution is 2.18. The molecule has 0 atom stereocenters. The predicted octanol–water partition coefficient (Wildman–Crippen LogP) is 2.98. The first-order chi connectivity index (χ1) is 10.9. The number of nitrogens with zero attached hydrogens (tertiary/aromatic N) is 1. The largest absolute Gasteiger partial charge is 0.481 e. The van der Waals surface area contributed by atoms with Crippen molar-refractivity contribution in [2.24, 2.45) is 4.99 Å². The lowest BCUT2D eigenvalue weighted by molar-refractivity contribution is -0.132. The second kappa shape index (κ2) is 11.8. The van der Waals surface area contributed by atoms with Gasteiger partial charge in [0.2, 0.25) is 0 Å². The summed E-state index contributed by atoms with van der Waals surface area (Å²) in [5.41, 5.74) is 1.07. The minimum atomic E-state index is -4.17. The van der Waals surface area contributed by atoms with E-state index in [1.807, 2.05) is 24.3 Å². The summed E-state index contributed by atoms with van der Waals surface area (Å²) >= 11 is 0. The molecule has 0 aliphatic rings. The molecule has 0 aromatic heterocycles. The second-order valence-electron chi connectivity index (χ2n) is 4.68. The Labute approximate surface area is 157 Å². The van der Waals surface area contributed by atoms with Gasteiger partial charge in [0.05, 0.1) is 6.42 Å². The summed E-state index contributed by atoms with van der Waals surface area (Å²) in [4.78, 5) is 3.87. The molecule has 1 aromatic rings. The van der Waals surface area contributed by atoms with Crippen LogP contribution in [0.3, 0.4) is 0 Å². The third-order valence-electron chi connectivity index (χ3n) is 2.88. The number of rotatable bonds is 7. The molecule has 2 N–H and O–H groups in total. The quantitative estimate of drug-likeness (QED) is 0.288. The van der Waals surface area contributed by atoms with Gasteiger partial charge < -0.3 is 15.4 Å². The zero-order chi connectivity index (χ0) is 17.1. The lowest BCUT2D eigenvalue weighted by atomic mass is 10.1. The van der Waals surface area contributed by atoms with Crippen molar-refractivity contribution >= 4 is 29.9 Å². The van der Waals surface area contributed by atoms with E-state index < -0.39 is 12.6 Å². The number of hydrogen-bond donors (Lipinski definition) is 2. The Hall–Kier alpha value is -1.63. The van der Waals surface area contributed by atoms with E-state index in [1.165, 1.54) is 7.05 Å². The normalized spacial score (nSPS) is 11.2. The van der Waals surface area contributed by atoms with Gasteiger partial charge in [-0.3, -0.25) is 4.99 Å². The number of benzene rings is 1. The van der Waals surface area contributed by atoms with Gasteiger partial charge in [0.1, 0.15) is 12.4 Å². The van der Waals surface area contributed by atoms with Gasteiger partial charge in [-0.15, -0.1) is 30.4 Å². The van der Waals surface area contributed by atoms with Gasteiger partial charge in [-0.1, -0.05) is 18.1 Å². The monoisotopic (exact) mass is 455 g/mol. The first kappa shape index (κ1) is 22.4. The summed E-state index contributed by atoms with van der Waals surface area (Å²) in [6, 6.07) is 7.47. The Morgan fingerprint density at radius 2 is 1.83 bits per heavy atom. The average Bonchev–Trinajstić information content (AvgIpc) is 2.51. The van der Waals surface area contributed by atoms with E-state index in [0.29, 0.717) is 24.7 Å². The fourth-order valence-corrected chi connectivity index (χ4v) is 1.75. The number of ether oxygens (including phenoxy) is 1. The highest BCUT2D eigenvalue weighted by Gasteiger charge is 2.26. The number of terminal acetylenes is 1. The van der Waals surface area contributed by atoms with E-state index in [4.69, 9.17) is 11.2 Å². The van der Waals surface area contributed by atoms with E-state index >= 15 is 0 Å². The molecule has 8 heteroatoms. The summed E-state index contributed by atoms with van der Waals surface area (Å²) in [5, 5.41) is 5.59. The van der Waals surface area contributed by atoms with E-state index in [-0.39, 0.29) is 37.1 Å². The molecule has 0 fully saturated rings. The Bertz CT molecular complexity index is 539. The van der Waals surface area contributed by atoms with Crippen LogP contribution >= 0.6 is 24.0 Å². The van der Waals surface area contributed by atoms with Crippen LogP contribution in [0.4, 0.5) is 13.2 Å². The standard InChI is InChI=1S/C16H20F3N3O.HI/c1-3-12-23-14-6-4-13(5-7-14)8-10-21-15(20-2)22-11-9-16(17,18)19;/h1,4-7H,8-12H2,2H3,(H2,20,21,22);1H. The molecular weight excluding hydrogens is 434 g/mol. The summed E-state index contributed by atoms with van der Waals surface area (Å²) in [7, 11) is 1.51. The van der Waals surface area contributed by atoms with Gasteiger partial charge in [-0.05, 0) is 24.1 Å². The van der Waals surface area contributed by atoms with Crippen molar-refractivity contribution in [3.05, 3.63) is 29.8 Å². The zero-order valence-electron chi connectivity index (χ0n) is 13.3. The minimum absolute atomic E-state index is 0. The predicted molar refractivity (Wildman–Crippen MR) is 99.9 cm³/mol. The average molecular weight is 455 g/mol. The molecular formula is C16H21F3IN3O. The van der Waals surface area contributed by atoms with Crippen molar-refractivity contribution in [2.45, 2.75) is 19.0 Å². The van der Waals surface area contributed by atoms with Crippen LogP contribution in [0.5, 0.6) is 5.75 Å². The van der Waals surface area contributed by atoms with Crippen molar-refractivity contribution in [1.82, 2.24) is 10.6 Å². The van der Waals surface area contributed by atoms with E-state index in [9.17, 15) is 13.2 Å². The number of aliphatic imine (C=N–C) groups is 1. The Morgan fingerprint density at radius 3 is 2.38 bits per heavy atom. The second-order valence-corrected chi connectivity index (χ2v) is 4.68. The van der Waals surface area contributed by atoms with Crippen molar-refractivity contribution < 1.29 is 17.9 Å². The Balaban J connectivity index is 0.00000529. The van der Waals surface area contributed by atoms with E-state index in [0.717, 1.165) is 5.56 Å². The van der Waals surface area contributed by atoms with Gasteiger partial charge in [0.15, 0.2) is 5.96 Å². The molecule has 0 radical (unpaired) electrons. The SMILES string of the molecule is C#CCOc1ccc(CCNC(=NC)NCCC(F)(F)F)cc1.I. The summed E-state index contributed by atoms with van der Waals surface area (Å²) in [6.07, 6.45) is 0.745. The number of hydrogen-bond acceptors (Lipinski definition) is 2. The summed E-state index contributed by atoms with van der Waals surface area (Å²) in [6.45, 7) is 0.571. The molecule has 0 aliphatic carbocycles. The number of guanidine groups is 1. The van der Waals surface area contributed by atoms with Gasteiger partial charge in [-0.2, -0.15) is 13.2 Å². The molecule has 0 saturated carbocycles. The van der Waals surface area contributed by atoms with Crippen LogP contribution < -0.4 is 15.4 Å². The fourth-order valence-electron chi connectivity index (χ4n) is 1.75. The lowest BCUT2D eigenvalue weighted by Gasteiger charge is -2.13. The van der Waals surface area contributed by atoms with Crippen LogP contribution in [0.2, 0.25) is 0 Å². The molecule has 1 aromatic carbocycles. The molecule has 0 heterocycles. The molecule has 0 amide bonds. The fraction of sp³-hybridized carbons (Fsp3) is 0.438. The van der Waals surface area contributed by atoms with Gasteiger partial charge in [-0.25, -0.2) is 0 Å². The molecule has 1 rings (SSSR count). The van der Waals surface area contributed by atoms with E-state index in [2.05, 4.69) is 21.5 Å².